The molecular formula is C21H44O8Si3. The first-order valence-electron chi connectivity index (χ1n) is 11.3. The molecule has 0 amide bonds. The Kier molecular flexibility index (Phi) is 9.54. The van der Waals surface area contributed by atoms with E-state index < -0.39 is 60.3 Å². The Bertz CT molecular complexity index is 667. The van der Waals surface area contributed by atoms with Gasteiger partial charge in [0.2, 0.25) is 0 Å². The molecule has 0 aromatic rings. The van der Waals surface area contributed by atoms with Crippen LogP contribution in [0.1, 0.15) is 26.2 Å². The third kappa shape index (κ3) is 8.65. The fraction of sp³-hybridized carbons (Fsp3) is 0.905. The molecule has 0 saturated heterocycles. The highest BCUT2D eigenvalue weighted by Gasteiger charge is 2.62. The van der Waals surface area contributed by atoms with Gasteiger partial charge >= 0.3 is 11.9 Å². The van der Waals surface area contributed by atoms with E-state index in [-0.39, 0.29) is 25.9 Å². The standard InChI is InChI=1S/C21H44O8Si3/c1-12-26-17(22)14-20(24)15-21(19(23)25-2,29-32(9,10)11)13-16(27-30(3,4)5)18(20)28-31(6,7)8/h16,18,24H,12-15H2,1-11H3/t16-,18+,20-,21-/m1/s1. The Morgan fingerprint density at radius 1 is 0.938 bits per heavy atom. The van der Waals surface area contributed by atoms with Gasteiger partial charge in [-0.25, -0.2) is 4.79 Å². The highest BCUT2D eigenvalue weighted by atomic mass is 28.4. The van der Waals surface area contributed by atoms with Crippen LogP contribution in [0.3, 0.4) is 0 Å². The van der Waals surface area contributed by atoms with E-state index in [4.69, 9.17) is 22.8 Å². The van der Waals surface area contributed by atoms with Crippen molar-refractivity contribution in [3.8, 4) is 0 Å². The summed E-state index contributed by atoms with van der Waals surface area (Å²) in [5, 5.41) is 12.0. The number of hydrogen-bond donors (Lipinski definition) is 1. The fourth-order valence-corrected chi connectivity index (χ4v) is 7.90. The van der Waals surface area contributed by atoms with Crippen LogP contribution in [0.25, 0.3) is 0 Å². The number of methoxy groups -OCH3 is 1. The van der Waals surface area contributed by atoms with Gasteiger partial charge in [-0.15, -0.1) is 0 Å². The van der Waals surface area contributed by atoms with Gasteiger partial charge < -0.3 is 27.9 Å². The lowest BCUT2D eigenvalue weighted by atomic mass is 9.70. The Labute approximate surface area is 196 Å². The smallest absolute Gasteiger partial charge is 0.337 e. The molecule has 1 fully saturated rings. The second-order valence-electron chi connectivity index (χ2n) is 11.6. The second-order valence-corrected chi connectivity index (χ2v) is 24.9. The average Bonchev–Trinajstić information content (AvgIpc) is 2.53. The molecule has 188 valence electrons. The van der Waals surface area contributed by atoms with Gasteiger partial charge in [-0.1, -0.05) is 0 Å². The van der Waals surface area contributed by atoms with E-state index >= 15 is 0 Å². The van der Waals surface area contributed by atoms with Crippen molar-refractivity contribution in [2.75, 3.05) is 13.7 Å². The monoisotopic (exact) mass is 508 g/mol. The minimum absolute atomic E-state index is 0.129. The van der Waals surface area contributed by atoms with Gasteiger partial charge in [0.05, 0.1) is 32.3 Å². The fourth-order valence-electron chi connectivity index (χ4n) is 4.24. The number of carbonyl (C=O) groups is 2. The van der Waals surface area contributed by atoms with Crippen molar-refractivity contribution >= 4 is 36.9 Å². The van der Waals surface area contributed by atoms with E-state index in [0.717, 1.165) is 0 Å². The third-order valence-corrected chi connectivity index (χ3v) is 7.76. The molecule has 8 nitrogen and oxygen atoms in total. The Morgan fingerprint density at radius 2 is 1.47 bits per heavy atom. The molecule has 1 aliphatic rings. The maximum Gasteiger partial charge on any atom is 0.337 e. The number of hydrogen-bond acceptors (Lipinski definition) is 8. The van der Waals surface area contributed by atoms with Crippen LogP contribution in [-0.2, 0) is 32.3 Å². The molecule has 1 N–H and O–H groups in total. The topological polar surface area (TPSA) is 101 Å². The average molecular weight is 509 g/mol. The van der Waals surface area contributed by atoms with Crippen molar-refractivity contribution in [3.63, 3.8) is 0 Å². The lowest BCUT2D eigenvalue weighted by Gasteiger charge is -2.54. The van der Waals surface area contributed by atoms with E-state index in [2.05, 4.69) is 0 Å². The molecule has 1 saturated carbocycles. The van der Waals surface area contributed by atoms with E-state index in [1.165, 1.54) is 7.11 Å². The largest absolute Gasteiger partial charge is 0.467 e. The van der Waals surface area contributed by atoms with Crippen LogP contribution >= 0.6 is 0 Å². The molecule has 0 aromatic heterocycles. The van der Waals surface area contributed by atoms with Crippen LogP contribution in [0, 0.1) is 0 Å². The lowest BCUT2D eigenvalue weighted by Crippen LogP contribution is -2.69. The zero-order valence-electron chi connectivity index (χ0n) is 21.8. The lowest BCUT2D eigenvalue weighted by molar-refractivity contribution is -0.211. The summed E-state index contributed by atoms with van der Waals surface area (Å²) in [6, 6.07) is 0. The summed E-state index contributed by atoms with van der Waals surface area (Å²) in [6.07, 6.45) is -1.70. The van der Waals surface area contributed by atoms with Crippen molar-refractivity contribution in [3.05, 3.63) is 0 Å². The number of ether oxygens (including phenoxy) is 2. The Balaban J connectivity index is 3.66. The SMILES string of the molecule is CCOC(=O)C[C@@]1(O)C[C@@](O[Si](C)(C)C)(C(=O)OC)C[C@@H](O[Si](C)(C)C)[C@@H]1O[Si](C)(C)C. The van der Waals surface area contributed by atoms with E-state index in [1.807, 2.05) is 58.9 Å². The zero-order valence-corrected chi connectivity index (χ0v) is 24.8. The maximum absolute atomic E-state index is 13.1. The Hall–Kier alpha value is -0.569. The predicted molar refractivity (Wildman–Crippen MR) is 131 cm³/mol. The Morgan fingerprint density at radius 3 is 1.88 bits per heavy atom. The highest BCUT2D eigenvalue weighted by molar-refractivity contribution is 6.70. The number of esters is 2. The quantitative estimate of drug-likeness (QED) is 0.352. The predicted octanol–water partition coefficient (Wildman–Crippen LogP) is 3.67. The second kappa shape index (κ2) is 10.4. The van der Waals surface area contributed by atoms with Crippen LogP contribution in [0.4, 0.5) is 0 Å². The van der Waals surface area contributed by atoms with Gasteiger partial charge in [-0.05, 0) is 65.8 Å². The molecule has 0 spiro atoms. The summed E-state index contributed by atoms with van der Waals surface area (Å²) in [4.78, 5) is 25.7. The number of carbonyl (C=O) groups excluding carboxylic acids is 2. The number of rotatable bonds is 10. The van der Waals surface area contributed by atoms with Crippen molar-refractivity contribution in [2.24, 2.45) is 0 Å². The first-order chi connectivity index (χ1) is 14.3. The minimum atomic E-state index is -2.28. The summed E-state index contributed by atoms with van der Waals surface area (Å²) in [7, 11) is -5.28. The summed E-state index contributed by atoms with van der Waals surface area (Å²) in [6.45, 7) is 20.0. The summed E-state index contributed by atoms with van der Waals surface area (Å²) < 4.78 is 29.7. The van der Waals surface area contributed by atoms with Crippen LogP contribution in [0.15, 0.2) is 0 Å². The van der Waals surface area contributed by atoms with Crippen LogP contribution < -0.4 is 0 Å². The van der Waals surface area contributed by atoms with E-state index in [0.29, 0.717) is 0 Å². The molecule has 0 heterocycles. The first kappa shape index (κ1) is 29.5. The number of aliphatic hydroxyl groups is 1. The van der Waals surface area contributed by atoms with Crippen LogP contribution in [0.5, 0.6) is 0 Å². The van der Waals surface area contributed by atoms with Crippen molar-refractivity contribution < 1.29 is 37.4 Å². The van der Waals surface area contributed by atoms with Gasteiger partial charge in [0.1, 0.15) is 5.60 Å². The molecule has 32 heavy (non-hydrogen) atoms. The molecule has 1 rings (SSSR count). The van der Waals surface area contributed by atoms with E-state index in [1.54, 1.807) is 6.92 Å². The molecule has 0 aliphatic heterocycles. The van der Waals surface area contributed by atoms with E-state index in [9.17, 15) is 14.7 Å². The molecule has 0 bridgehead atoms. The van der Waals surface area contributed by atoms with Crippen molar-refractivity contribution in [2.45, 2.75) is 109 Å². The van der Waals surface area contributed by atoms with Crippen molar-refractivity contribution in [1.29, 1.82) is 0 Å². The van der Waals surface area contributed by atoms with Crippen molar-refractivity contribution in [1.82, 2.24) is 0 Å². The molecule has 11 heteroatoms. The first-order valence-corrected chi connectivity index (χ1v) is 21.5. The summed E-state index contributed by atoms with van der Waals surface area (Å²) >= 11 is 0. The third-order valence-electron chi connectivity index (χ3n) is 4.79. The molecule has 0 unspecified atom stereocenters. The normalized spacial score (nSPS) is 29.5. The molecule has 0 aromatic carbocycles. The summed E-state index contributed by atoms with van der Waals surface area (Å²) in [5.74, 6) is -1.13. The van der Waals surface area contributed by atoms with Gasteiger partial charge in [0, 0.05) is 12.8 Å². The molecule has 0 radical (unpaired) electrons. The molecule has 4 atom stereocenters. The van der Waals surface area contributed by atoms with Gasteiger partial charge in [-0.3, -0.25) is 4.79 Å². The molecule has 1 aliphatic carbocycles. The minimum Gasteiger partial charge on any atom is -0.467 e. The molecular weight excluding hydrogens is 464 g/mol. The zero-order chi connectivity index (χ0) is 25.2. The van der Waals surface area contributed by atoms with Gasteiger partial charge in [0.15, 0.2) is 30.6 Å². The van der Waals surface area contributed by atoms with Crippen LogP contribution in [0.2, 0.25) is 58.9 Å². The van der Waals surface area contributed by atoms with Gasteiger partial charge in [0.25, 0.3) is 0 Å². The maximum atomic E-state index is 13.1. The van der Waals surface area contributed by atoms with Crippen LogP contribution in [-0.4, -0.2) is 79.1 Å². The van der Waals surface area contributed by atoms with Gasteiger partial charge in [-0.2, -0.15) is 0 Å². The highest BCUT2D eigenvalue weighted by Crippen LogP contribution is 2.46. The summed E-state index contributed by atoms with van der Waals surface area (Å²) in [5.41, 5.74) is -3.16.